The summed E-state index contributed by atoms with van der Waals surface area (Å²) in [6.07, 6.45) is 2.15. The van der Waals surface area contributed by atoms with E-state index in [1.807, 2.05) is 31.4 Å². The largest absolute Gasteiger partial charge is 0.365 e. The Morgan fingerprint density at radius 1 is 1.19 bits per heavy atom. The van der Waals surface area contributed by atoms with Gasteiger partial charge in [-0.15, -0.1) is 11.3 Å². The van der Waals surface area contributed by atoms with Gasteiger partial charge in [-0.3, -0.25) is 9.59 Å². The summed E-state index contributed by atoms with van der Waals surface area (Å²) in [5, 5.41) is 10.1. The van der Waals surface area contributed by atoms with Crippen LogP contribution in [0.1, 0.15) is 33.7 Å². The molecule has 1 aromatic carbocycles. The molecule has 0 saturated carbocycles. The molecule has 0 fully saturated rings. The first-order valence-electron chi connectivity index (χ1n) is 9.48. The molecule has 3 N–H and O–H groups in total. The number of carbonyl (C=O) groups is 2. The molecule has 0 radical (unpaired) electrons. The van der Waals surface area contributed by atoms with E-state index in [9.17, 15) is 9.59 Å². The molecule has 0 unspecified atom stereocenters. The molecule has 3 heterocycles. The Bertz CT molecular complexity index is 1300. The number of halogens is 1. The SMILES string of the molecule is Cc1nc2c(C(N)=O)cnn2c(C)c1CCC(=O)Nc1nc(-c2ccc(Cl)cc2)cs1. The predicted molar refractivity (Wildman–Crippen MR) is 120 cm³/mol. The zero-order valence-corrected chi connectivity index (χ0v) is 18.4. The van der Waals surface area contributed by atoms with Crippen molar-refractivity contribution in [1.29, 1.82) is 0 Å². The first kappa shape index (κ1) is 21.0. The lowest BCUT2D eigenvalue weighted by Gasteiger charge is -2.11. The van der Waals surface area contributed by atoms with E-state index in [4.69, 9.17) is 17.3 Å². The van der Waals surface area contributed by atoms with Crippen LogP contribution in [0.25, 0.3) is 16.9 Å². The maximum Gasteiger partial charge on any atom is 0.254 e. The number of anilines is 1. The minimum absolute atomic E-state index is 0.144. The second-order valence-corrected chi connectivity index (χ2v) is 8.31. The fourth-order valence-electron chi connectivity index (χ4n) is 3.35. The number of fused-ring (bicyclic) bond motifs is 1. The normalized spacial score (nSPS) is 11.1. The van der Waals surface area contributed by atoms with E-state index >= 15 is 0 Å². The second kappa shape index (κ2) is 8.44. The number of nitrogens with two attached hydrogens (primary N) is 1. The Hall–Kier alpha value is -3.30. The van der Waals surface area contributed by atoms with E-state index in [2.05, 4.69) is 20.4 Å². The van der Waals surface area contributed by atoms with Crippen LogP contribution in [0.2, 0.25) is 5.02 Å². The highest BCUT2D eigenvalue weighted by Gasteiger charge is 2.17. The quantitative estimate of drug-likeness (QED) is 0.459. The van der Waals surface area contributed by atoms with Gasteiger partial charge in [0.05, 0.1) is 11.9 Å². The zero-order chi connectivity index (χ0) is 22.1. The van der Waals surface area contributed by atoms with Crippen LogP contribution in [0.4, 0.5) is 5.13 Å². The third kappa shape index (κ3) is 4.28. The van der Waals surface area contributed by atoms with Crippen molar-refractivity contribution in [3.8, 4) is 11.3 Å². The number of aryl methyl sites for hydroxylation is 2. The van der Waals surface area contributed by atoms with Crippen LogP contribution in [-0.2, 0) is 11.2 Å². The fraction of sp³-hybridized carbons (Fsp3) is 0.190. The Morgan fingerprint density at radius 3 is 2.65 bits per heavy atom. The van der Waals surface area contributed by atoms with Crippen LogP contribution < -0.4 is 11.1 Å². The van der Waals surface area contributed by atoms with E-state index in [0.29, 0.717) is 22.2 Å². The average Bonchev–Trinajstić information content (AvgIpc) is 3.35. The van der Waals surface area contributed by atoms with Gasteiger partial charge in [-0.2, -0.15) is 5.10 Å². The minimum Gasteiger partial charge on any atom is -0.365 e. The lowest BCUT2D eigenvalue weighted by Crippen LogP contribution is -2.15. The molecule has 4 aromatic rings. The van der Waals surface area contributed by atoms with Crippen LogP contribution >= 0.6 is 22.9 Å². The second-order valence-electron chi connectivity index (χ2n) is 7.01. The minimum atomic E-state index is -0.574. The molecule has 31 heavy (non-hydrogen) atoms. The number of hydrogen-bond acceptors (Lipinski definition) is 6. The highest BCUT2D eigenvalue weighted by Crippen LogP contribution is 2.26. The number of primary amides is 1. The van der Waals surface area contributed by atoms with Gasteiger partial charge in [-0.1, -0.05) is 23.7 Å². The van der Waals surface area contributed by atoms with Gasteiger partial charge in [-0.25, -0.2) is 14.5 Å². The third-order valence-corrected chi connectivity index (χ3v) is 5.98. The molecule has 3 aromatic heterocycles. The summed E-state index contributed by atoms with van der Waals surface area (Å²) in [6, 6.07) is 7.37. The van der Waals surface area contributed by atoms with Crippen LogP contribution in [0.15, 0.2) is 35.8 Å². The molecular formula is C21H19ClN6O2S. The lowest BCUT2D eigenvalue weighted by atomic mass is 10.1. The molecule has 0 saturated heterocycles. The van der Waals surface area contributed by atoms with Crippen LogP contribution in [-0.4, -0.2) is 31.4 Å². The van der Waals surface area contributed by atoms with Gasteiger partial charge in [0.15, 0.2) is 10.8 Å². The summed E-state index contributed by atoms with van der Waals surface area (Å²) in [5.74, 6) is -0.718. The number of aromatic nitrogens is 4. The van der Waals surface area contributed by atoms with E-state index < -0.39 is 5.91 Å². The zero-order valence-electron chi connectivity index (χ0n) is 16.8. The summed E-state index contributed by atoms with van der Waals surface area (Å²) in [6.45, 7) is 3.73. The smallest absolute Gasteiger partial charge is 0.254 e. The maximum absolute atomic E-state index is 12.5. The van der Waals surface area contributed by atoms with Gasteiger partial charge in [0.2, 0.25) is 5.91 Å². The first-order valence-corrected chi connectivity index (χ1v) is 10.7. The van der Waals surface area contributed by atoms with Crippen LogP contribution in [0.5, 0.6) is 0 Å². The van der Waals surface area contributed by atoms with E-state index in [-0.39, 0.29) is 17.9 Å². The molecule has 10 heteroatoms. The Labute approximate surface area is 187 Å². The van der Waals surface area contributed by atoms with Crippen molar-refractivity contribution in [3.63, 3.8) is 0 Å². The molecule has 158 valence electrons. The number of amides is 2. The molecule has 0 atom stereocenters. The monoisotopic (exact) mass is 454 g/mol. The summed E-state index contributed by atoms with van der Waals surface area (Å²) >= 11 is 7.29. The number of carbonyl (C=O) groups excluding carboxylic acids is 2. The molecule has 0 aliphatic heterocycles. The van der Waals surface area contributed by atoms with Gasteiger partial charge < -0.3 is 11.1 Å². The highest BCUT2D eigenvalue weighted by atomic mass is 35.5. The number of nitrogens with one attached hydrogen (secondary N) is 1. The van der Waals surface area contributed by atoms with Gasteiger partial charge in [-0.05, 0) is 38.0 Å². The molecule has 0 bridgehead atoms. The van der Waals surface area contributed by atoms with Crippen LogP contribution in [0, 0.1) is 13.8 Å². The topological polar surface area (TPSA) is 115 Å². The Morgan fingerprint density at radius 2 is 1.94 bits per heavy atom. The Kier molecular flexibility index (Phi) is 5.71. The van der Waals surface area contributed by atoms with Gasteiger partial charge >= 0.3 is 0 Å². The van der Waals surface area contributed by atoms with Crippen LogP contribution in [0.3, 0.4) is 0 Å². The van der Waals surface area contributed by atoms with Crippen molar-refractivity contribution >= 4 is 45.5 Å². The van der Waals surface area contributed by atoms with Crippen molar-refractivity contribution in [2.24, 2.45) is 5.73 Å². The fourth-order valence-corrected chi connectivity index (χ4v) is 4.21. The number of nitrogens with zero attached hydrogens (tertiary/aromatic N) is 4. The van der Waals surface area contributed by atoms with Crippen molar-refractivity contribution in [2.45, 2.75) is 26.7 Å². The molecule has 4 rings (SSSR count). The molecule has 0 aliphatic rings. The third-order valence-electron chi connectivity index (χ3n) is 4.97. The molecule has 0 spiro atoms. The van der Waals surface area contributed by atoms with Crippen molar-refractivity contribution in [3.05, 3.63) is 63.4 Å². The number of benzene rings is 1. The first-order chi connectivity index (χ1) is 14.8. The van der Waals surface area contributed by atoms with E-state index in [1.54, 1.807) is 16.6 Å². The van der Waals surface area contributed by atoms with Crippen molar-refractivity contribution < 1.29 is 9.59 Å². The standard InChI is InChI=1S/C21H19ClN6O2S/c1-11-15(12(2)28-20(25-11)16(9-24-28)19(23)30)7-8-18(29)27-21-26-17(10-31-21)13-3-5-14(22)6-4-13/h3-6,9-10H,7-8H2,1-2H3,(H2,23,30)(H,26,27,29). The van der Waals surface area contributed by atoms with E-state index in [1.165, 1.54) is 17.5 Å². The summed E-state index contributed by atoms with van der Waals surface area (Å²) in [5.41, 5.74) is 10.3. The van der Waals surface area contributed by atoms with E-state index in [0.717, 1.165) is 28.2 Å². The van der Waals surface area contributed by atoms with Gasteiger partial charge in [0.25, 0.3) is 5.91 Å². The summed E-state index contributed by atoms with van der Waals surface area (Å²) in [7, 11) is 0. The summed E-state index contributed by atoms with van der Waals surface area (Å²) in [4.78, 5) is 33.0. The predicted octanol–water partition coefficient (Wildman–Crippen LogP) is 3.79. The van der Waals surface area contributed by atoms with Gasteiger partial charge in [0.1, 0.15) is 5.56 Å². The average molecular weight is 455 g/mol. The number of hydrogen-bond donors (Lipinski definition) is 2. The Balaban J connectivity index is 1.45. The van der Waals surface area contributed by atoms with Crippen molar-refractivity contribution in [1.82, 2.24) is 19.6 Å². The highest BCUT2D eigenvalue weighted by molar-refractivity contribution is 7.14. The number of rotatable bonds is 6. The summed E-state index contributed by atoms with van der Waals surface area (Å²) < 4.78 is 1.58. The molecule has 2 amide bonds. The maximum atomic E-state index is 12.5. The molecule has 8 nitrogen and oxygen atoms in total. The van der Waals surface area contributed by atoms with Crippen molar-refractivity contribution in [2.75, 3.05) is 5.32 Å². The molecule has 0 aliphatic carbocycles. The number of thiazole rings is 1. The molecular weight excluding hydrogens is 436 g/mol. The lowest BCUT2D eigenvalue weighted by molar-refractivity contribution is -0.116. The van der Waals surface area contributed by atoms with Gasteiger partial charge in [0, 0.05) is 33.8 Å².